The van der Waals surface area contributed by atoms with Crippen molar-refractivity contribution in [2.45, 2.75) is 13.0 Å². The van der Waals surface area contributed by atoms with Crippen LogP contribution in [0.5, 0.6) is 10.9 Å². The quantitative estimate of drug-likeness (QED) is 0.642. The first-order valence-electron chi connectivity index (χ1n) is 8.57. The Morgan fingerprint density at radius 1 is 1.21 bits per heavy atom. The van der Waals surface area contributed by atoms with Crippen molar-refractivity contribution in [3.63, 3.8) is 0 Å². The number of nitrogens with zero attached hydrogens (tertiary/aromatic N) is 2. The zero-order valence-corrected chi connectivity index (χ0v) is 15.8. The number of carbonyl (C=O) groups excluding carboxylic acids is 1. The van der Waals surface area contributed by atoms with Gasteiger partial charge in [-0.05, 0) is 29.8 Å². The van der Waals surface area contributed by atoms with E-state index >= 15 is 0 Å². The van der Waals surface area contributed by atoms with Crippen LogP contribution in [0.3, 0.4) is 0 Å². The molecule has 2 aromatic carbocycles. The second-order valence-corrected chi connectivity index (χ2v) is 7.16. The number of thiazole rings is 1. The average Bonchev–Trinajstić information content (AvgIpc) is 3.12. The van der Waals surface area contributed by atoms with E-state index in [0.717, 1.165) is 34.8 Å². The summed E-state index contributed by atoms with van der Waals surface area (Å²) in [4.78, 5) is 18.9. The fraction of sp³-hybridized carbons (Fsp3) is 0.200. The van der Waals surface area contributed by atoms with E-state index in [0.29, 0.717) is 22.2 Å². The van der Waals surface area contributed by atoms with Crippen molar-refractivity contribution in [1.29, 1.82) is 0 Å². The molecule has 8 heteroatoms. The molecule has 0 fully saturated rings. The van der Waals surface area contributed by atoms with Crippen LogP contribution in [0.15, 0.2) is 42.5 Å². The summed E-state index contributed by atoms with van der Waals surface area (Å²) in [5.74, 6) is -1.08. The van der Waals surface area contributed by atoms with Crippen LogP contribution in [0.2, 0.25) is 0 Å². The predicted octanol–water partition coefficient (Wildman–Crippen LogP) is 4.21. The molecule has 0 N–H and O–H groups in total. The first-order valence-corrected chi connectivity index (χ1v) is 9.39. The summed E-state index contributed by atoms with van der Waals surface area (Å²) in [6, 6.07) is 10.6. The molecule has 0 bridgehead atoms. The van der Waals surface area contributed by atoms with Gasteiger partial charge in [0, 0.05) is 19.0 Å². The van der Waals surface area contributed by atoms with Gasteiger partial charge in [-0.15, -0.1) is 0 Å². The Balaban J connectivity index is 1.51. The minimum atomic E-state index is -0.768. The van der Waals surface area contributed by atoms with Gasteiger partial charge in [0.1, 0.15) is 28.9 Å². The number of anilines is 1. The maximum atomic E-state index is 14.1. The van der Waals surface area contributed by atoms with E-state index in [2.05, 4.69) is 4.98 Å². The number of benzene rings is 2. The Morgan fingerprint density at radius 2 is 2.07 bits per heavy atom. The van der Waals surface area contributed by atoms with E-state index in [1.54, 1.807) is 7.11 Å². The fourth-order valence-electron chi connectivity index (χ4n) is 3.01. The minimum Gasteiger partial charge on any atom is -0.497 e. The number of hydrogen-bond acceptors (Lipinski definition) is 5. The normalized spacial score (nSPS) is 13.4. The summed E-state index contributed by atoms with van der Waals surface area (Å²) < 4.78 is 38.1. The Bertz CT molecular complexity index is 1040. The van der Waals surface area contributed by atoms with Crippen LogP contribution in [0, 0.1) is 11.6 Å². The molecule has 5 nitrogen and oxygen atoms in total. The number of methoxy groups -OCH3 is 1. The second kappa shape index (κ2) is 7.55. The molecule has 0 atom stereocenters. The number of ether oxygens (including phenoxy) is 2. The molecule has 0 unspecified atom stereocenters. The van der Waals surface area contributed by atoms with Crippen molar-refractivity contribution in [1.82, 2.24) is 4.98 Å². The molecule has 0 spiro atoms. The Morgan fingerprint density at radius 3 is 2.86 bits per heavy atom. The van der Waals surface area contributed by atoms with Crippen LogP contribution in [0.25, 0.3) is 0 Å². The van der Waals surface area contributed by atoms with E-state index in [-0.39, 0.29) is 24.7 Å². The lowest BCUT2D eigenvalue weighted by atomic mass is 10.1. The second-order valence-electron chi connectivity index (χ2n) is 6.20. The highest BCUT2D eigenvalue weighted by molar-refractivity contribution is 7.15. The van der Waals surface area contributed by atoms with Gasteiger partial charge in [0.25, 0.3) is 11.1 Å². The maximum absolute atomic E-state index is 14.1. The van der Waals surface area contributed by atoms with E-state index in [4.69, 9.17) is 9.47 Å². The highest BCUT2D eigenvalue weighted by atomic mass is 32.1. The summed E-state index contributed by atoms with van der Waals surface area (Å²) >= 11 is 1.13. The van der Waals surface area contributed by atoms with Crippen LogP contribution in [0.1, 0.15) is 20.9 Å². The summed E-state index contributed by atoms with van der Waals surface area (Å²) in [5, 5.41) is 0.377. The molecule has 28 heavy (non-hydrogen) atoms. The topological polar surface area (TPSA) is 51.7 Å². The molecule has 0 saturated heterocycles. The lowest BCUT2D eigenvalue weighted by molar-refractivity contribution is 0.0983. The Hall–Kier alpha value is -3.00. The zero-order valence-electron chi connectivity index (χ0n) is 14.9. The van der Waals surface area contributed by atoms with E-state index in [9.17, 15) is 13.6 Å². The third-order valence-electron chi connectivity index (χ3n) is 4.39. The van der Waals surface area contributed by atoms with Crippen molar-refractivity contribution in [3.05, 3.63) is 70.2 Å². The number of halogens is 2. The molecule has 1 aliphatic heterocycles. The lowest BCUT2D eigenvalue weighted by Crippen LogP contribution is -2.37. The van der Waals surface area contributed by atoms with Gasteiger partial charge in [-0.1, -0.05) is 23.5 Å². The molecule has 1 aromatic heterocycles. The molecule has 0 radical (unpaired) electrons. The first kappa shape index (κ1) is 18.4. The number of hydrogen-bond donors (Lipinski definition) is 0. The lowest BCUT2D eigenvalue weighted by Gasteiger charge is -2.26. The van der Waals surface area contributed by atoms with Crippen LogP contribution in [0.4, 0.5) is 14.5 Å². The van der Waals surface area contributed by atoms with Gasteiger partial charge in [-0.3, -0.25) is 4.79 Å². The molecule has 3 aromatic rings. The molecule has 1 amide bonds. The fourth-order valence-corrected chi connectivity index (χ4v) is 3.92. The van der Waals surface area contributed by atoms with Crippen LogP contribution in [-0.4, -0.2) is 24.5 Å². The molecular weight excluding hydrogens is 386 g/mol. The first-order chi connectivity index (χ1) is 13.5. The summed E-state index contributed by atoms with van der Waals surface area (Å²) in [5.41, 5.74) is 1.60. The van der Waals surface area contributed by atoms with Gasteiger partial charge in [0.05, 0.1) is 18.5 Å². The van der Waals surface area contributed by atoms with Gasteiger partial charge < -0.3 is 14.4 Å². The molecule has 0 saturated carbocycles. The number of amides is 1. The molecule has 0 aliphatic carbocycles. The predicted molar refractivity (Wildman–Crippen MR) is 101 cm³/mol. The monoisotopic (exact) mass is 402 g/mol. The largest absolute Gasteiger partial charge is 0.497 e. The summed E-state index contributed by atoms with van der Waals surface area (Å²) in [6.45, 7) is 0.557. The molecule has 4 rings (SSSR count). The third-order valence-corrected chi connectivity index (χ3v) is 5.38. The standard InChI is InChI=1S/C20H16F2N2O3S/c1-26-14-4-2-3-12(9-14)11-27-20-23-16-7-8-24(19(25)18(16)28-20)17-6-5-13(21)10-15(17)22/h2-6,9-10H,7-8,11H2,1H3. The molecule has 2 heterocycles. The average molecular weight is 402 g/mol. The highest BCUT2D eigenvalue weighted by Gasteiger charge is 2.31. The Kier molecular flexibility index (Phi) is 4.95. The van der Waals surface area contributed by atoms with Crippen molar-refractivity contribution < 1.29 is 23.0 Å². The number of rotatable bonds is 5. The van der Waals surface area contributed by atoms with Crippen molar-refractivity contribution >= 4 is 22.9 Å². The SMILES string of the molecule is COc1cccc(COc2nc3c(s2)C(=O)N(c2ccc(F)cc2F)CC3)c1. The van der Waals surface area contributed by atoms with Crippen molar-refractivity contribution in [2.24, 2.45) is 0 Å². The van der Waals surface area contributed by atoms with Crippen molar-refractivity contribution in [3.8, 4) is 10.9 Å². The molecule has 144 valence electrons. The van der Waals surface area contributed by atoms with Gasteiger partial charge in [-0.2, -0.15) is 0 Å². The van der Waals surface area contributed by atoms with Gasteiger partial charge in [0.15, 0.2) is 0 Å². The van der Waals surface area contributed by atoms with Crippen LogP contribution < -0.4 is 14.4 Å². The van der Waals surface area contributed by atoms with Gasteiger partial charge >= 0.3 is 0 Å². The maximum Gasteiger partial charge on any atom is 0.274 e. The van der Waals surface area contributed by atoms with Crippen LogP contribution in [-0.2, 0) is 13.0 Å². The number of aromatic nitrogens is 1. The number of fused-ring (bicyclic) bond motifs is 1. The van der Waals surface area contributed by atoms with E-state index in [1.807, 2.05) is 24.3 Å². The third kappa shape index (κ3) is 3.55. The summed E-state index contributed by atoms with van der Waals surface area (Å²) in [6.07, 6.45) is 0.469. The van der Waals surface area contributed by atoms with Gasteiger partial charge in [0.2, 0.25) is 0 Å². The van der Waals surface area contributed by atoms with E-state index < -0.39 is 11.6 Å². The van der Waals surface area contributed by atoms with Crippen molar-refractivity contribution in [2.75, 3.05) is 18.6 Å². The number of carbonyl (C=O) groups is 1. The van der Waals surface area contributed by atoms with Crippen LogP contribution >= 0.6 is 11.3 Å². The molecule has 1 aliphatic rings. The smallest absolute Gasteiger partial charge is 0.274 e. The molecular formula is C20H16F2N2O3S. The minimum absolute atomic E-state index is 0.0595. The summed E-state index contributed by atoms with van der Waals surface area (Å²) in [7, 11) is 1.59. The zero-order chi connectivity index (χ0) is 19.7. The van der Waals surface area contributed by atoms with E-state index in [1.165, 1.54) is 11.0 Å². The highest BCUT2D eigenvalue weighted by Crippen LogP contribution is 2.33. The van der Waals surface area contributed by atoms with Gasteiger partial charge in [-0.25, -0.2) is 13.8 Å². The Labute approximate surface area is 164 Å².